The Hall–Kier alpha value is -2.21. The number of piperidine rings is 1. The van der Waals surface area contributed by atoms with Crippen LogP contribution in [0.15, 0.2) is 18.2 Å². The molecule has 1 fully saturated rings. The third kappa shape index (κ3) is 3.90. The van der Waals surface area contributed by atoms with E-state index in [-0.39, 0.29) is 30.7 Å². The Morgan fingerprint density at radius 3 is 2.68 bits per heavy atom. The van der Waals surface area contributed by atoms with Crippen molar-refractivity contribution in [2.24, 2.45) is 0 Å². The van der Waals surface area contributed by atoms with Crippen molar-refractivity contribution in [3.63, 3.8) is 0 Å². The van der Waals surface area contributed by atoms with Gasteiger partial charge >= 0.3 is 0 Å². The predicted molar refractivity (Wildman–Crippen MR) is 91.7 cm³/mol. The molecule has 25 heavy (non-hydrogen) atoms. The molecule has 2 N–H and O–H groups in total. The largest absolute Gasteiger partial charge is 0.396 e. The van der Waals surface area contributed by atoms with E-state index in [0.29, 0.717) is 18.5 Å². The lowest BCUT2D eigenvalue weighted by atomic mass is 10.0. The van der Waals surface area contributed by atoms with Gasteiger partial charge in [0.15, 0.2) is 0 Å². The number of fused-ring (bicyclic) bond motifs is 1. The van der Waals surface area contributed by atoms with Crippen LogP contribution in [0.2, 0.25) is 0 Å². The van der Waals surface area contributed by atoms with Crippen LogP contribution >= 0.6 is 0 Å². The van der Waals surface area contributed by atoms with Crippen LogP contribution in [0.1, 0.15) is 60.0 Å². The normalized spacial score (nSPS) is 20.0. The van der Waals surface area contributed by atoms with E-state index in [4.69, 9.17) is 5.11 Å². The highest BCUT2D eigenvalue weighted by atomic mass is 16.3. The lowest BCUT2D eigenvalue weighted by Crippen LogP contribution is -2.52. The molecule has 0 aliphatic carbocycles. The van der Waals surface area contributed by atoms with E-state index in [2.05, 4.69) is 11.4 Å². The van der Waals surface area contributed by atoms with Gasteiger partial charge in [0, 0.05) is 25.1 Å². The van der Waals surface area contributed by atoms with Crippen molar-refractivity contribution in [3.05, 3.63) is 34.9 Å². The van der Waals surface area contributed by atoms with Crippen LogP contribution < -0.4 is 5.32 Å². The van der Waals surface area contributed by atoms with Crippen molar-refractivity contribution >= 4 is 17.7 Å². The Kier molecular flexibility index (Phi) is 5.48. The number of aryl methyl sites for hydroxylation is 1. The summed E-state index contributed by atoms with van der Waals surface area (Å²) in [6, 6.07) is 5.34. The van der Waals surface area contributed by atoms with Crippen molar-refractivity contribution in [2.75, 3.05) is 6.61 Å². The number of aliphatic hydroxyl groups is 1. The van der Waals surface area contributed by atoms with Gasteiger partial charge in [-0.3, -0.25) is 19.7 Å². The van der Waals surface area contributed by atoms with Crippen LogP contribution in [-0.2, 0) is 22.6 Å². The first kappa shape index (κ1) is 17.6. The Bertz CT molecular complexity index is 686. The summed E-state index contributed by atoms with van der Waals surface area (Å²) in [6.07, 6.45) is 5.63. The highest BCUT2D eigenvalue weighted by Gasteiger charge is 2.38. The first-order valence-electron chi connectivity index (χ1n) is 8.97. The molecule has 0 saturated carbocycles. The zero-order valence-corrected chi connectivity index (χ0v) is 14.3. The van der Waals surface area contributed by atoms with Crippen LogP contribution in [0.25, 0.3) is 0 Å². The Morgan fingerprint density at radius 1 is 1.12 bits per heavy atom. The molecular weight excluding hydrogens is 320 g/mol. The second kappa shape index (κ2) is 7.78. The average molecular weight is 344 g/mol. The standard InChI is InChI=1S/C19H24N2O4/c22-10-4-2-1-3-5-13-6-7-15-14(11-13)12-21(19(15)25)16-8-9-17(23)20-18(16)24/h6-7,11,16,22H,1-5,8-10,12H2,(H,20,23,24). The summed E-state index contributed by atoms with van der Waals surface area (Å²) in [6.45, 7) is 0.677. The molecule has 1 saturated heterocycles. The fourth-order valence-electron chi connectivity index (χ4n) is 3.58. The number of amides is 3. The van der Waals surface area contributed by atoms with Gasteiger partial charge in [-0.2, -0.15) is 0 Å². The number of benzene rings is 1. The Labute approximate surface area is 147 Å². The number of hydrogen-bond donors (Lipinski definition) is 2. The van der Waals surface area contributed by atoms with Crippen molar-refractivity contribution in [1.29, 1.82) is 0 Å². The summed E-state index contributed by atoms with van der Waals surface area (Å²) in [5.74, 6) is -0.769. The van der Waals surface area contributed by atoms with E-state index >= 15 is 0 Å². The molecule has 134 valence electrons. The van der Waals surface area contributed by atoms with Crippen molar-refractivity contribution in [3.8, 4) is 0 Å². The predicted octanol–water partition coefficient (Wildman–Crippen LogP) is 1.54. The van der Waals surface area contributed by atoms with Gasteiger partial charge in [-0.15, -0.1) is 0 Å². The van der Waals surface area contributed by atoms with E-state index in [0.717, 1.165) is 37.7 Å². The van der Waals surface area contributed by atoms with Gasteiger partial charge < -0.3 is 10.0 Å². The first-order valence-corrected chi connectivity index (χ1v) is 8.97. The van der Waals surface area contributed by atoms with Gasteiger partial charge in [0.1, 0.15) is 6.04 Å². The fourth-order valence-corrected chi connectivity index (χ4v) is 3.58. The van der Waals surface area contributed by atoms with Crippen LogP contribution in [0.5, 0.6) is 0 Å². The maximum atomic E-state index is 12.6. The van der Waals surface area contributed by atoms with E-state index in [1.807, 2.05) is 12.1 Å². The number of hydrogen-bond acceptors (Lipinski definition) is 4. The van der Waals surface area contributed by atoms with Gasteiger partial charge in [0.2, 0.25) is 11.8 Å². The van der Waals surface area contributed by atoms with Gasteiger partial charge in [0.25, 0.3) is 5.91 Å². The molecule has 6 heteroatoms. The molecule has 2 aliphatic rings. The first-order chi connectivity index (χ1) is 12.1. The molecular formula is C19H24N2O4. The topological polar surface area (TPSA) is 86.7 Å². The minimum absolute atomic E-state index is 0.126. The molecule has 1 unspecified atom stereocenters. The number of rotatable bonds is 7. The summed E-state index contributed by atoms with van der Waals surface area (Å²) in [5.41, 5.74) is 2.82. The van der Waals surface area contributed by atoms with Crippen LogP contribution in [-0.4, -0.2) is 40.4 Å². The lowest BCUT2D eigenvalue weighted by molar-refractivity contribution is -0.136. The summed E-state index contributed by atoms with van der Waals surface area (Å²) < 4.78 is 0. The molecule has 1 atom stereocenters. The molecule has 3 rings (SSSR count). The minimum atomic E-state index is -0.556. The van der Waals surface area contributed by atoms with Gasteiger partial charge in [-0.1, -0.05) is 25.0 Å². The smallest absolute Gasteiger partial charge is 0.255 e. The summed E-state index contributed by atoms with van der Waals surface area (Å²) in [4.78, 5) is 37.5. The summed E-state index contributed by atoms with van der Waals surface area (Å²) in [7, 11) is 0. The Balaban J connectivity index is 1.63. The van der Waals surface area contributed by atoms with Gasteiger partial charge in [0.05, 0.1) is 0 Å². The maximum absolute atomic E-state index is 12.6. The van der Waals surface area contributed by atoms with Crippen LogP contribution in [0, 0.1) is 0 Å². The molecule has 3 amide bonds. The van der Waals surface area contributed by atoms with E-state index in [1.54, 1.807) is 4.90 Å². The molecule has 0 spiro atoms. The number of unbranched alkanes of at least 4 members (excludes halogenated alkanes) is 3. The summed E-state index contributed by atoms with van der Waals surface area (Å²) in [5, 5.41) is 11.1. The number of carbonyl (C=O) groups is 3. The maximum Gasteiger partial charge on any atom is 0.255 e. The minimum Gasteiger partial charge on any atom is -0.396 e. The second-order valence-electron chi connectivity index (χ2n) is 6.78. The second-order valence-corrected chi connectivity index (χ2v) is 6.78. The van der Waals surface area contributed by atoms with Gasteiger partial charge in [-0.25, -0.2) is 0 Å². The molecule has 0 radical (unpaired) electrons. The molecule has 6 nitrogen and oxygen atoms in total. The molecule has 1 aromatic carbocycles. The SMILES string of the molecule is O=C1CCC(N2Cc3cc(CCCCCCO)ccc3C2=O)C(=O)N1. The van der Waals surface area contributed by atoms with Crippen LogP contribution in [0.4, 0.5) is 0 Å². The molecule has 0 aromatic heterocycles. The molecule has 1 aromatic rings. The van der Waals surface area contributed by atoms with Crippen molar-refractivity contribution < 1.29 is 19.5 Å². The quantitative estimate of drug-likeness (QED) is 0.580. The number of aliphatic hydroxyl groups excluding tert-OH is 1. The molecule has 2 heterocycles. The zero-order valence-electron chi connectivity index (χ0n) is 14.3. The Morgan fingerprint density at radius 2 is 1.92 bits per heavy atom. The van der Waals surface area contributed by atoms with Gasteiger partial charge in [-0.05, 0) is 42.9 Å². The number of carbonyl (C=O) groups excluding carboxylic acids is 3. The van der Waals surface area contributed by atoms with Crippen molar-refractivity contribution in [1.82, 2.24) is 10.2 Å². The van der Waals surface area contributed by atoms with E-state index in [1.165, 1.54) is 5.56 Å². The monoisotopic (exact) mass is 344 g/mol. The number of imide groups is 1. The molecule has 2 aliphatic heterocycles. The third-order valence-corrected chi connectivity index (χ3v) is 4.96. The van der Waals surface area contributed by atoms with Crippen LogP contribution in [0.3, 0.4) is 0 Å². The van der Waals surface area contributed by atoms with Crippen molar-refractivity contribution in [2.45, 2.75) is 57.5 Å². The molecule has 0 bridgehead atoms. The lowest BCUT2D eigenvalue weighted by Gasteiger charge is -2.29. The zero-order chi connectivity index (χ0) is 17.8. The summed E-state index contributed by atoms with van der Waals surface area (Å²) >= 11 is 0. The fraction of sp³-hybridized carbons (Fsp3) is 0.526. The highest BCUT2D eigenvalue weighted by molar-refractivity contribution is 6.05. The van der Waals surface area contributed by atoms with E-state index in [9.17, 15) is 14.4 Å². The third-order valence-electron chi connectivity index (χ3n) is 4.96. The number of nitrogens with one attached hydrogen (secondary N) is 1. The highest BCUT2D eigenvalue weighted by Crippen LogP contribution is 2.28. The average Bonchev–Trinajstić information content (AvgIpc) is 2.91. The number of nitrogens with zero attached hydrogens (tertiary/aromatic N) is 1. The van der Waals surface area contributed by atoms with E-state index < -0.39 is 6.04 Å².